The molecule has 0 N–H and O–H groups in total. The highest BCUT2D eigenvalue weighted by Crippen LogP contribution is 2.33. The molecule has 0 aliphatic carbocycles. The molecule has 1 aliphatic rings. The molecule has 0 aromatic heterocycles. The minimum atomic E-state index is -0.685. The van der Waals surface area contributed by atoms with Crippen molar-refractivity contribution in [3.63, 3.8) is 0 Å². The molecule has 22 heavy (non-hydrogen) atoms. The minimum Gasteiger partial charge on any atom is -0.493 e. The zero-order valence-corrected chi connectivity index (χ0v) is 12.3. The molecule has 0 spiro atoms. The van der Waals surface area contributed by atoms with Gasteiger partial charge in [0.05, 0.1) is 14.2 Å². The third kappa shape index (κ3) is 2.53. The van der Waals surface area contributed by atoms with Crippen molar-refractivity contribution in [3.05, 3.63) is 59.7 Å². The summed E-state index contributed by atoms with van der Waals surface area (Å²) in [6.45, 7) is 0. The summed E-state index contributed by atoms with van der Waals surface area (Å²) in [6, 6.07) is 13.9. The van der Waals surface area contributed by atoms with E-state index in [1.807, 2.05) is 30.3 Å². The Bertz CT molecular complexity index is 725. The van der Waals surface area contributed by atoms with Crippen LogP contribution in [0.15, 0.2) is 53.5 Å². The number of ether oxygens (including phenoxy) is 3. The van der Waals surface area contributed by atoms with Gasteiger partial charge in [0.25, 0.3) is 0 Å². The van der Waals surface area contributed by atoms with Crippen LogP contribution in [0.25, 0.3) is 0 Å². The smallest absolute Gasteiger partial charge is 0.342 e. The van der Waals surface area contributed by atoms with Crippen LogP contribution in [0.2, 0.25) is 0 Å². The summed E-state index contributed by atoms with van der Waals surface area (Å²) >= 11 is 0. The molecule has 1 heterocycles. The van der Waals surface area contributed by atoms with E-state index >= 15 is 0 Å². The Morgan fingerprint density at radius 1 is 1.00 bits per heavy atom. The second-order valence-corrected chi connectivity index (χ2v) is 4.74. The predicted octanol–water partition coefficient (Wildman–Crippen LogP) is 2.75. The van der Waals surface area contributed by atoms with Gasteiger partial charge in [-0.15, -0.1) is 0 Å². The van der Waals surface area contributed by atoms with Crippen LogP contribution in [0.4, 0.5) is 0 Å². The number of benzene rings is 2. The van der Waals surface area contributed by atoms with Crippen molar-refractivity contribution in [3.8, 4) is 11.5 Å². The summed E-state index contributed by atoms with van der Waals surface area (Å²) in [6.07, 6.45) is 0. The van der Waals surface area contributed by atoms with Gasteiger partial charge in [-0.3, -0.25) is 0 Å². The van der Waals surface area contributed by atoms with Gasteiger partial charge in [-0.2, -0.15) is 0 Å². The van der Waals surface area contributed by atoms with E-state index in [0.717, 1.165) is 5.56 Å². The lowest BCUT2D eigenvalue weighted by atomic mass is 10.1. The molecule has 0 saturated heterocycles. The Hall–Kier alpha value is -2.82. The van der Waals surface area contributed by atoms with Gasteiger partial charge in [0.1, 0.15) is 0 Å². The van der Waals surface area contributed by atoms with E-state index in [2.05, 4.69) is 4.99 Å². The Balaban J connectivity index is 1.95. The number of nitrogens with zero attached hydrogens (tertiary/aromatic N) is 1. The summed E-state index contributed by atoms with van der Waals surface area (Å²) in [4.78, 5) is 16.5. The first-order chi connectivity index (χ1) is 10.7. The topological polar surface area (TPSA) is 57.1 Å². The number of carbonyl (C=O) groups is 1. The summed E-state index contributed by atoms with van der Waals surface area (Å²) < 4.78 is 15.7. The predicted molar refractivity (Wildman–Crippen MR) is 81.4 cm³/mol. The van der Waals surface area contributed by atoms with Gasteiger partial charge < -0.3 is 14.2 Å². The lowest BCUT2D eigenvalue weighted by Crippen LogP contribution is -2.09. The number of aliphatic imine (C=N–C) groups is 1. The zero-order valence-electron chi connectivity index (χ0n) is 12.3. The van der Waals surface area contributed by atoms with E-state index in [0.29, 0.717) is 23.0 Å². The van der Waals surface area contributed by atoms with E-state index in [9.17, 15) is 4.79 Å². The third-order valence-corrected chi connectivity index (χ3v) is 3.41. The molecular weight excluding hydrogens is 282 g/mol. The number of hydrogen-bond acceptors (Lipinski definition) is 5. The summed E-state index contributed by atoms with van der Waals surface area (Å²) in [7, 11) is 3.11. The maximum Gasteiger partial charge on any atom is 0.342 e. The second kappa shape index (κ2) is 5.89. The summed E-state index contributed by atoms with van der Waals surface area (Å²) in [5, 5.41) is 0. The van der Waals surface area contributed by atoms with E-state index in [4.69, 9.17) is 14.2 Å². The first-order valence-electron chi connectivity index (χ1n) is 6.79. The van der Waals surface area contributed by atoms with Gasteiger partial charge in [0, 0.05) is 5.56 Å². The molecule has 2 aromatic rings. The maximum absolute atomic E-state index is 12.1. The molecular formula is C17H15NO4. The van der Waals surface area contributed by atoms with Gasteiger partial charge >= 0.3 is 5.97 Å². The molecule has 1 unspecified atom stereocenters. The monoisotopic (exact) mass is 297 g/mol. The van der Waals surface area contributed by atoms with Crippen LogP contribution in [0.1, 0.15) is 17.2 Å². The zero-order chi connectivity index (χ0) is 15.5. The van der Waals surface area contributed by atoms with E-state index < -0.39 is 12.0 Å². The Labute approximate surface area is 128 Å². The molecule has 2 aromatic carbocycles. The van der Waals surface area contributed by atoms with Gasteiger partial charge in [-0.1, -0.05) is 24.3 Å². The van der Waals surface area contributed by atoms with Crippen molar-refractivity contribution in [2.45, 2.75) is 6.04 Å². The van der Waals surface area contributed by atoms with E-state index in [1.165, 1.54) is 0 Å². The van der Waals surface area contributed by atoms with Crippen molar-refractivity contribution in [1.29, 1.82) is 0 Å². The SMILES string of the molecule is COc1ccc(C2N=C(c3ccccc3)OC2=O)cc1OC. The average Bonchev–Trinajstić information content (AvgIpc) is 2.97. The first-order valence-corrected chi connectivity index (χ1v) is 6.79. The van der Waals surface area contributed by atoms with Crippen molar-refractivity contribution < 1.29 is 19.0 Å². The van der Waals surface area contributed by atoms with Gasteiger partial charge in [0.15, 0.2) is 17.5 Å². The van der Waals surface area contributed by atoms with Gasteiger partial charge in [0.2, 0.25) is 5.90 Å². The highest BCUT2D eigenvalue weighted by atomic mass is 16.6. The molecule has 112 valence electrons. The highest BCUT2D eigenvalue weighted by Gasteiger charge is 2.31. The van der Waals surface area contributed by atoms with Crippen LogP contribution in [0.5, 0.6) is 11.5 Å². The molecule has 5 heteroatoms. The molecule has 1 atom stereocenters. The molecule has 0 radical (unpaired) electrons. The average molecular weight is 297 g/mol. The van der Waals surface area contributed by atoms with Crippen molar-refractivity contribution >= 4 is 11.9 Å². The Morgan fingerprint density at radius 3 is 2.41 bits per heavy atom. The Morgan fingerprint density at radius 2 is 1.73 bits per heavy atom. The number of methoxy groups -OCH3 is 2. The summed E-state index contributed by atoms with van der Waals surface area (Å²) in [5.41, 5.74) is 1.48. The standard InChI is InChI=1S/C17H15NO4/c1-20-13-9-8-12(10-14(13)21-2)15-17(19)22-16(18-15)11-6-4-3-5-7-11/h3-10,15H,1-2H3. The molecule has 3 rings (SSSR count). The normalized spacial score (nSPS) is 16.9. The van der Waals surface area contributed by atoms with Crippen LogP contribution >= 0.6 is 0 Å². The number of rotatable bonds is 4. The fourth-order valence-corrected chi connectivity index (χ4v) is 2.30. The van der Waals surface area contributed by atoms with Crippen LogP contribution in [0.3, 0.4) is 0 Å². The fourth-order valence-electron chi connectivity index (χ4n) is 2.30. The van der Waals surface area contributed by atoms with Crippen LogP contribution in [-0.4, -0.2) is 26.1 Å². The van der Waals surface area contributed by atoms with Crippen molar-refractivity contribution in [2.75, 3.05) is 14.2 Å². The highest BCUT2D eigenvalue weighted by molar-refractivity contribution is 6.06. The molecule has 0 fully saturated rings. The maximum atomic E-state index is 12.1. The number of carbonyl (C=O) groups excluding carboxylic acids is 1. The largest absolute Gasteiger partial charge is 0.493 e. The fraction of sp³-hybridized carbons (Fsp3) is 0.176. The number of esters is 1. The molecule has 0 bridgehead atoms. The third-order valence-electron chi connectivity index (χ3n) is 3.41. The molecule has 0 saturated carbocycles. The summed E-state index contributed by atoms with van der Waals surface area (Å²) in [5.74, 6) is 1.09. The van der Waals surface area contributed by atoms with Crippen molar-refractivity contribution in [2.24, 2.45) is 4.99 Å². The van der Waals surface area contributed by atoms with E-state index in [-0.39, 0.29) is 0 Å². The lowest BCUT2D eigenvalue weighted by Gasteiger charge is -2.10. The minimum absolute atomic E-state index is 0.338. The lowest BCUT2D eigenvalue weighted by molar-refractivity contribution is -0.135. The van der Waals surface area contributed by atoms with Crippen molar-refractivity contribution in [1.82, 2.24) is 0 Å². The number of cyclic esters (lactones) is 1. The molecule has 1 aliphatic heterocycles. The van der Waals surface area contributed by atoms with Gasteiger partial charge in [-0.25, -0.2) is 9.79 Å². The van der Waals surface area contributed by atoms with Crippen LogP contribution in [0, 0.1) is 0 Å². The first kappa shape index (κ1) is 14.1. The molecule has 0 amide bonds. The quantitative estimate of drug-likeness (QED) is 0.814. The van der Waals surface area contributed by atoms with Gasteiger partial charge in [-0.05, 0) is 29.8 Å². The Kier molecular flexibility index (Phi) is 3.78. The second-order valence-electron chi connectivity index (χ2n) is 4.74. The van der Waals surface area contributed by atoms with Crippen LogP contribution < -0.4 is 9.47 Å². The van der Waals surface area contributed by atoms with E-state index in [1.54, 1.807) is 32.4 Å². The van der Waals surface area contributed by atoms with Crippen LogP contribution in [-0.2, 0) is 9.53 Å². The molecule has 5 nitrogen and oxygen atoms in total. The number of hydrogen-bond donors (Lipinski definition) is 0.